The first kappa shape index (κ1) is 13.9. The van der Waals surface area contributed by atoms with Crippen LogP contribution in [0.1, 0.15) is 11.5 Å². The van der Waals surface area contributed by atoms with E-state index in [0.717, 1.165) is 18.0 Å². The predicted molar refractivity (Wildman–Crippen MR) is 82.7 cm³/mol. The summed E-state index contributed by atoms with van der Waals surface area (Å²) in [4.78, 5) is 0.336. The molecule has 0 spiro atoms. The Bertz CT molecular complexity index is 738. The standard InChI is InChI=1S/C16H17NO3S/c1-21(18,19)14-8-6-13(7-9-14)17-10-12-11-20-16-5-3-2-4-15(12)16/h2-9,12,17H,10-11H2,1H3. The monoisotopic (exact) mass is 303 g/mol. The molecular weight excluding hydrogens is 286 g/mol. The molecular formula is C16H17NO3S. The highest BCUT2D eigenvalue weighted by Gasteiger charge is 2.23. The van der Waals surface area contributed by atoms with Crippen molar-refractivity contribution < 1.29 is 13.2 Å². The van der Waals surface area contributed by atoms with Gasteiger partial charge in [-0.1, -0.05) is 18.2 Å². The first-order chi connectivity index (χ1) is 10.0. The maximum absolute atomic E-state index is 11.4. The molecule has 3 rings (SSSR count). The molecule has 110 valence electrons. The van der Waals surface area contributed by atoms with Crippen LogP contribution >= 0.6 is 0 Å². The number of hydrogen-bond acceptors (Lipinski definition) is 4. The Morgan fingerprint density at radius 3 is 2.57 bits per heavy atom. The van der Waals surface area contributed by atoms with Crippen molar-refractivity contribution >= 4 is 15.5 Å². The molecule has 1 aliphatic rings. The van der Waals surface area contributed by atoms with Crippen molar-refractivity contribution in [2.75, 3.05) is 24.7 Å². The van der Waals surface area contributed by atoms with Gasteiger partial charge in [-0.25, -0.2) is 8.42 Å². The molecule has 2 aromatic carbocycles. The Balaban J connectivity index is 1.67. The van der Waals surface area contributed by atoms with Crippen LogP contribution in [0.5, 0.6) is 5.75 Å². The number of hydrogen-bond donors (Lipinski definition) is 1. The zero-order chi connectivity index (χ0) is 14.9. The van der Waals surface area contributed by atoms with Gasteiger partial charge in [-0.05, 0) is 30.3 Å². The van der Waals surface area contributed by atoms with E-state index in [1.165, 1.54) is 11.8 Å². The predicted octanol–water partition coefficient (Wildman–Crippen LogP) is 2.68. The second kappa shape index (κ2) is 5.41. The molecule has 0 amide bonds. The lowest BCUT2D eigenvalue weighted by molar-refractivity contribution is 0.334. The molecule has 1 aliphatic heterocycles. The van der Waals surface area contributed by atoms with E-state index in [1.807, 2.05) is 18.2 Å². The molecule has 1 atom stereocenters. The molecule has 1 N–H and O–H groups in total. The fourth-order valence-electron chi connectivity index (χ4n) is 2.46. The van der Waals surface area contributed by atoms with Crippen LogP contribution in [0.15, 0.2) is 53.4 Å². The fourth-order valence-corrected chi connectivity index (χ4v) is 3.09. The summed E-state index contributed by atoms with van der Waals surface area (Å²) in [6.07, 6.45) is 1.21. The number of rotatable bonds is 4. The molecule has 0 radical (unpaired) electrons. The van der Waals surface area contributed by atoms with Gasteiger partial charge in [0.15, 0.2) is 9.84 Å². The molecule has 5 heteroatoms. The van der Waals surface area contributed by atoms with Crippen molar-refractivity contribution in [3.63, 3.8) is 0 Å². The Morgan fingerprint density at radius 2 is 1.86 bits per heavy atom. The average molecular weight is 303 g/mol. The highest BCUT2D eigenvalue weighted by Crippen LogP contribution is 2.33. The van der Waals surface area contributed by atoms with Gasteiger partial charge in [0.25, 0.3) is 0 Å². The van der Waals surface area contributed by atoms with Crippen molar-refractivity contribution in [1.82, 2.24) is 0 Å². The van der Waals surface area contributed by atoms with E-state index < -0.39 is 9.84 Å². The number of benzene rings is 2. The van der Waals surface area contributed by atoms with Crippen molar-refractivity contribution in [2.24, 2.45) is 0 Å². The summed E-state index contributed by atoms with van der Waals surface area (Å²) >= 11 is 0. The first-order valence-corrected chi connectivity index (χ1v) is 8.69. The number of nitrogens with one attached hydrogen (secondary N) is 1. The van der Waals surface area contributed by atoms with E-state index in [-0.39, 0.29) is 0 Å². The van der Waals surface area contributed by atoms with Gasteiger partial charge in [-0.3, -0.25) is 0 Å². The molecule has 2 aromatic rings. The average Bonchev–Trinajstić information content (AvgIpc) is 2.88. The summed E-state index contributed by atoms with van der Waals surface area (Å²) in [5.41, 5.74) is 2.13. The van der Waals surface area contributed by atoms with Crippen LogP contribution in [0.25, 0.3) is 0 Å². The molecule has 1 heterocycles. The second-order valence-electron chi connectivity index (χ2n) is 5.22. The zero-order valence-corrected chi connectivity index (χ0v) is 12.6. The van der Waals surface area contributed by atoms with E-state index in [1.54, 1.807) is 24.3 Å². The van der Waals surface area contributed by atoms with Gasteiger partial charge in [-0.2, -0.15) is 0 Å². The van der Waals surface area contributed by atoms with Gasteiger partial charge < -0.3 is 10.1 Å². The first-order valence-electron chi connectivity index (χ1n) is 6.80. The minimum atomic E-state index is -3.14. The van der Waals surface area contributed by atoms with Crippen LogP contribution in [0.3, 0.4) is 0 Å². The van der Waals surface area contributed by atoms with Crippen molar-refractivity contribution in [1.29, 1.82) is 0 Å². The lowest BCUT2D eigenvalue weighted by atomic mass is 10.0. The minimum Gasteiger partial charge on any atom is -0.493 e. The molecule has 21 heavy (non-hydrogen) atoms. The van der Waals surface area contributed by atoms with Crippen LogP contribution in [-0.4, -0.2) is 27.8 Å². The van der Waals surface area contributed by atoms with Crippen LogP contribution < -0.4 is 10.1 Å². The molecule has 0 fully saturated rings. The van der Waals surface area contributed by atoms with Crippen LogP contribution in [-0.2, 0) is 9.84 Å². The molecule has 0 bridgehead atoms. The van der Waals surface area contributed by atoms with Gasteiger partial charge in [0.1, 0.15) is 5.75 Å². The second-order valence-corrected chi connectivity index (χ2v) is 7.24. The van der Waals surface area contributed by atoms with Crippen LogP contribution in [0, 0.1) is 0 Å². The number of fused-ring (bicyclic) bond motifs is 1. The van der Waals surface area contributed by atoms with Crippen molar-refractivity contribution in [2.45, 2.75) is 10.8 Å². The van der Waals surface area contributed by atoms with Gasteiger partial charge in [0.2, 0.25) is 0 Å². The maximum atomic E-state index is 11.4. The summed E-state index contributed by atoms with van der Waals surface area (Å²) in [6.45, 7) is 1.43. The van der Waals surface area contributed by atoms with E-state index in [9.17, 15) is 8.42 Å². The topological polar surface area (TPSA) is 55.4 Å². The fraction of sp³-hybridized carbons (Fsp3) is 0.250. The normalized spacial score (nSPS) is 17.1. The number of anilines is 1. The van der Waals surface area contributed by atoms with E-state index in [4.69, 9.17) is 4.74 Å². The SMILES string of the molecule is CS(=O)(=O)c1ccc(NCC2COc3ccccc32)cc1. The number of ether oxygens (including phenoxy) is 1. The van der Waals surface area contributed by atoms with E-state index >= 15 is 0 Å². The minimum absolute atomic E-state index is 0.316. The van der Waals surface area contributed by atoms with Gasteiger partial charge >= 0.3 is 0 Å². The van der Waals surface area contributed by atoms with Crippen molar-refractivity contribution in [3.05, 3.63) is 54.1 Å². The lowest BCUT2D eigenvalue weighted by Gasteiger charge is -2.12. The Morgan fingerprint density at radius 1 is 1.14 bits per heavy atom. The highest BCUT2D eigenvalue weighted by atomic mass is 32.2. The summed E-state index contributed by atoms with van der Waals surface area (Å²) in [5.74, 6) is 1.27. The largest absolute Gasteiger partial charge is 0.493 e. The summed E-state index contributed by atoms with van der Waals surface area (Å²) in [7, 11) is -3.14. The molecule has 0 saturated heterocycles. The quantitative estimate of drug-likeness (QED) is 0.943. The smallest absolute Gasteiger partial charge is 0.175 e. The Kier molecular flexibility index (Phi) is 3.59. The number of para-hydroxylation sites is 1. The third-order valence-electron chi connectivity index (χ3n) is 3.63. The molecule has 0 aliphatic carbocycles. The van der Waals surface area contributed by atoms with Gasteiger partial charge in [0, 0.05) is 30.0 Å². The Labute approximate surface area is 124 Å². The van der Waals surface area contributed by atoms with Gasteiger partial charge in [-0.15, -0.1) is 0 Å². The molecule has 1 unspecified atom stereocenters. The number of sulfone groups is 1. The summed E-state index contributed by atoms with van der Waals surface area (Å²) in [6, 6.07) is 14.9. The lowest BCUT2D eigenvalue weighted by Crippen LogP contribution is -2.13. The zero-order valence-electron chi connectivity index (χ0n) is 11.7. The van der Waals surface area contributed by atoms with E-state index in [2.05, 4.69) is 11.4 Å². The summed E-state index contributed by atoms with van der Waals surface area (Å²) in [5, 5.41) is 3.33. The molecule has 0 aromatic heterocycles. The molecule has 0 saturated carbocycles. The Hall–Kier alpha value is -2.01. The third kappa shape index (κ3) is 3.03. The van der Waals surface area contributed by atoms with Crippen LogP contribution in [0.2, 0.25) is 0 Å². The van der Waals surface area contributed by atoms with Gasteiger partial charge in [0.05, 0.1) is 11.5 Å². The third-order valence-corrected chi connectivity index (χ3v) is 4.76. The summed E-state index contributed by atoms with van der Waals surface area (Å²) < 4.78 is 28.5. The van der Waals surface area contributed by atoms with Crippen molar-refractivity contribution in [3.8, 4) is 5.75 Å². The highest BCUT2D eigenvalue weighted by molar-refractivity contribution is 7.90. The molecule has 4 nitrogen and oxygen atoms in total. The van der Waals surface area contributed by atoms with Crippen LogP contribution in [0.4, 0.5) is 5.69 Å². The maximum Gasteiger partial charge on any atom is 0.175 e. The van der Waals surface area contributed by atoms with E-state index in [0.29, 0.717) is 17.4 Å².